The summed E-state index contributed by atoms with van der Waals surface area (Å²) in [5.41, 5.74) is 3.17. The van der Waals surface area contributed by atoms with Crippen LogP contribution in [0.1, 0.15) is 47.8 Å². The van der Waals surface area contributed by atoms with E-state index < -0.39 is 17.3 Å². The molecule has 1 atom stereocenters. The highest BCUT2D eigenvalue weighted by Gasteiger charge is 2.39. The molecular weight excluding hydrogens is 516 g/mol. The second-order valence-electron chi connectivity index (χ2n) is 10.8. The maximum Gasteiger partial charge on any atom is 0.143 e. The lowest BCUT2D eigenvalue weighted by molar-refractivity contribution is -0.139. The van der Waals surface area contributed by atoms with Crippen molar-refractivity contribution in [2.45, 2.75) is 38.1 Å². The molecule has 4 heteroatoms. The fourth-order valence-electron chi connectivity index (χ4n) is 5.42. The lowest BCUT2D eigenvalue weighted by atomic mass is 9.80. The SMILES string of the molecule is Cc1cc2ccccc2c(Cl)c1C(COC(c1ccccc1)(c1ccccc1)c1ccccc1)OC(C)(C)CO. The van der Waals surface area contributed by atoms with Crippen LogP contribution in [-0.2, 0) is 15.1 Å². The number of hydrogen-bond acceptors (Lipinski definition) is 3. The van der Waals surface area contributed by atoms with E-state index in [0.29, 0.717) is 5.02 Å². The molecule has 5 aromatic carbocycles. The number of aliphatic hydroxyl groups excluding tert-OH is 1. The molecule has 1 N–H and O–H groups in total. The van der Waals surface area contributed by atoms with Gasteiger partial charge in [0.05, 0.1) is 23.8 Å². The Morgan fingerprint density at radius 2 is 1.20 bits per heavy atom. The molecule has 0 radical (unpaired) electrons. The molecule has 0 heterocycles. The normalized spacial score (nSPS) is 12.9. The molecule has 0 aliphatic carbocycles. The molecule has 3 nitrogen and oxygen atoms in total. The third kappa shape index (κ3) is 5.56. The van der Waals surface area contributed by atoms with Crippen molar-refractivity contribution in [2.24, 2.45) is 0 Å². The minimum Gasteiger partial charge on any atom is -0.393 e. The van der Waals surface area contributed by atoms with E-state index in [1.165, 1.54) is 0 Å². The van der Waals surface area contributed by atoms with Crippen molar-refractivity contribution in [3.63, 3.8) is 0 Å². The van der Waals surface area contributed by atoms with E-state index >= 15 is 0 Å². The van der Waals surface area contributed by atoms with Crippen molar-refractivity contribution in [1.29, 1.82) is 0 Å². The maximum atomic E-state index is 10.2. The van der Waals surface area contributed by atoms with Crippen molar-refractivity contribution in [3.8, 4) is 0 Å². The summed E-state index contributed by atoms with van der Waals surface area (Å²) in [7, 11) is 0. The number of hydrogen-bond donors (Lipinski definition) is 1. The summed E-state index contributed by atoms with van der Waals surface area (Å²) in [6.07, 6.45) is -0.547. The Labute approximate surface area is 242 Å². The van der Waals surface area contributed by atoms with E-state index in [1.54, 1.807) is 0 Å². The first kappa shape index (κ1) is 28.1. The molecule has 0 amide bonds. The second-order valence-corrected chi connectivity index (χ2v) is 11.1. The fraction of sp³-hybridized carbons (Fsp3) is 0.222. The van der Waals surface area contributed by atoms with Crippen LogP contribution in [0.3, 0.4) is 0 Å². The van der Waals surface area contributed by atoms with Crippen LogP contribution in [-0.4, -0.2) is 23.9 Å². The van der Waals surface area contributed by atoms with Crippen LogP contribution < -0.4 is 0 Å². The maximum absolute atomic E-state index is 10.2. The first-order valence-corrected chi connectivity index (χ1v) is 14.0. The van der Waals surface area contributed by atoms with Gasteiger partial charge in [0.25, 0.3) is 0 Å². The topological polar surface area (TPSA) is 38.7 Å². The predicted octanol–water partition coefficient (Wildman–Crippen LogP) is 8.64. The van der Waals surface area contributed by atoms with Gasteiger partial charge in [0.15, 0.2) is 0 Å². The lowest BCUT2D eigenvalue weighted by Gasteiger charge is -2.38. The molecule has 0 saturated carbocycles. The number of ether oxygens (including phenoxy) is 2. The summed E-state index contributed by atoms with van der Waals surface area (Å²) < 4.78 is 13.8. The molecule has 0 bridgehead atoms. The molecule has 204 valence electrons. The van der Waals surface area contributed by atoms with Crippen LogP contribution in [0.25, 0.3) is 10.8 Å². The van der Waals surface area contributed by atoms with Gasteiger partial charge >= 0.3 is 0 Å². The van der Waals surface area contributed by atoms with Gasteiger partial charge < -0.3 is 14.6 Å². The molecule has 0 saturated heterocycles. The highest BCUT2D eigenvalue weighted by Crippen LogP contribution is 2.43. The predicted molar refractivity (Wildman–Crippen MR) is 164 cm³/mol. The third-order valence-electron chi connectivity index (χ3n) is 7.39. The highest BCUT2D eigenvalue weighted by molar-refractivity contribution is 6.36. The Morgan fingerprint density at radius 3 is 1.70 bits per heavy atom. The van der Waals surface area contributed by atoms with Gasteiger partial charge in [-0.25, -0.2) is 0 Å². The Kier molecular flexibility index (Phi) is 8.39. The average molecular weight is 551 g/mol. The number of benzene rings is 5. The van der Waals surface area contributed by atoms with Crippen LogP contribution in [0, 0.1) is 6.92 Å². The minimum absolute atomic E-state index is 0.144. The van der Waals surface area contributed by atoms with Gasteiger partial charge in [-0.2, -0.15) is 0 Å². The monoisotopic (exact) mass is 550 g/mol. The molecule has 0 aromatic heterocycles. The molecule has 1 unspecified atom stereocenters. The summed E-state index contributed by atoms with van der Waals surface area (Å²) >= 11 is 7.12. The summed E-state index contributed by atoms with van der Waals surface area (Å²) in [5, 5.41) is 12.8. The van der Waals surface area contributed by atoms with Crippen molar-refractivity contribution in [3.05, 3.63) is 154 Å². The largest absolute Gasteiger partial charge is 0.393 e. The molecule has 0 fully saturated rings. The first-order chi connectivity index (χ1) is 19.4. The van der Waals surface area contributed by atoms with E-state index in [2.05, 4.69) is 55.5 Å². The second kappa shape index (κ2) is 12.0. The number of aryl methyl sites for hydroxylation is 1. The van der Waals surface area contributed by atoms with Crippen molar-refractivity contribution in [2.75, 3.05) is 13.2 Å². The number of rotatable bonds is 10. The van der Waals surface area contributed by atoms with Gasteiger partial charge in [-0.1, -0.05) is 133 Å². The Bertz CT molecular complexity index is 1450. The van der Waals surface area contributed by atoms with E-state index in [4.69, 9.17) is 21.1 Å². The molecule has 5 rings (SSSR count). The summed E-state index contributed by atoms with van der Waals surface area (Å²) in [6, 6.07) is 41.1. The zero-order valence-electron chi connectivity index (χ0n) is 23.2. The van der Waals surface area contributed by atoms with Gasteiger partial charge in [-0.05, 0) is 48.4 Å². The van der Waals surface area contributed by atoms with Crippen molar-refractivity contribution >= 4 is 22.4 Å². The number of halogens is 1. The Balaban J connectivity index is 1.68. The van der Waals surface area contributed by atoms with Gasteiger partial charge in [0, 0.05) is 10.9 Å². The average Bonchev–Trinajstić information content (AvgIpc) is 2.99. The van der Waals surface area contributed by atoms with E-state index in [0.717, 1.165) is 38.6 Å². The van der Waals surface area contributed by atoms with Crippen LogP contribution >= 0.6 is 11.6 Å². The van der Waals surface area contributed by atoms with Gasteiger partial charge in [0.1, 0.15) is 11.7 Å². The summed E-state index contributed by atoms with van der Waals surface area (Å²) in [5.74, 6) is 0. The summed E-state index contributed by atoms with van der Waals surface area (Å²) in [4.78, 5) is 0. The molecule has 0 aliphatic heterocycles. The lowest BCUT2D eigenvalue weighted by Crippen LogP contribution is -2.37. The van der Waals surface area contributed by atoms with Crippen LogP contribution in [0.2, 0.25) is 5.02 Å². The van der Waals surface area contributed by atoms with Crippen LogP contribution in [0.4, 0.5) is 0 Å². The molecule has 40 heavy (non-hydrogen) atoms. The van der Waals surface area contributed by atoms with Crippen molar-refractivity contribution < 1.29 is 14.6 Å². The van der Waals surface area contributed by atoms with E-state index in [1.807, 2.05) is 86.6 Å². The van der Waals surface area contributed by atoms with Crippen LogP contribution in [0.5, 0.6) is 0 Å². The quantitative estimate of drug-likeness (QED) is 0.177. The highest BCUT2D eigenvalue weighted by atomic mass is 35.5. The van der Waals surface area contributed by atoms with Crippen molar-refractivity contribution in [1.82, 2.24) is 0 Å². The third-order valence-corrected chi connectivity index (χ3v) is 7.79. The molecule has 5 aromatic rings. The first-order valence-electron chi connectivity index (χ1n) is 13.6. The Morgan fingerprint density at radius 1 is 0.725 bits per heavy atom. The standard InChI is InChI=1S/C36H35ClO3/c1-26-23-27-15-13-14-22-31(27)34(37)33(26)32(40-35(2,3)25-38)24-39-36(28-16-7-4-8-17-28,29-18-9-5-10-19-29)30-20-11-6-12-21-30/h4-23,32,38H,24-25H2,1-3H3. The molecule has 0 aliphatic rings. The van der Waals surface area contributed by atoms with Gasteiger partial charge in [-0.15, -0.1) is 0 Å². The van der Waals surface area contributed by atoms with E-state index in [9.17, 15) is 5.11 Å². The van der Waals surface area contributed by atoms with Gasteiger partial charge in [0.2, 0.25) is 0 Å². The fourth-order valence-corrected chi connectivity index (χ4v) is 5.86. The number of aliphatic hydroxyl groups is 1. The molecule has 0 spiro atoms. The minimum atomic E-state index is -0.911. The smallest absolute Gasteiger partial charge is 0.143 e. The van der Waals surface area contributed by atoms with Crippen LogP contribution in [0.15, 0.2) is 121 Å². The summed E-state index contributed by atoms with van der Waals surface area (Å²) in [6.45, 7) is 5.86. The van der Waals surface area contributed by atoms with E-state index in [-0.39, 0.29) is 13.2 Å². The zero-order valence-corrected chi connectivity index (χ0v) is 23.9. The van der Waals surface area contributed by atoms with Gasteiger partial charge in [-0.3, -0.25) is 0 Å². The Hall–Kier alpha value is -3.47. The zero-order chi connectivity index (χ0) is 28.2. The number of fused-ring (bicyclic) bond motifs is 1. The molecular formula is C36H35ClO3.